The van der Waals surface area contributed by atoms with Gasteiger partial charge in [-0.25, -0.2) is 4.79 Å². The summed E-state index contributed by atoms with van der Waals surface area (Å²) >= 11 is 5.26. The number of allylic oxidation sites excluding steroid dienone is 1. The lowest BCUT2D eigenvalue weighted by Crippen LogP contribution is -2.45. The fourth-order valence-corrected chi connectivity index (χ4v) is 3.53. The van der Waals surface area contributed by atoms with Gasteiger partial charge in [0.2, 0.25) is 5.78 Å². The number of Topliss-reactive ketones (excluding diaryl/α,β-unsaturated/α-hetero) is 1. The van der Waals surface area contributed by atoms with Gasteiger partial charge in [0.1, 0.15) is 11.1 Å². The first kappa shape index (κ1) is 17.2. The largest absolute Gasteiger partial charge is 0.422 e. The Morgan fingerprint density at radius 2 is 1.78 bits per heavy atom. The maximum atomic E-state index is 13.3. The highest BCUT2D eigenvalue weighted by Gasteiger charge is 2.31. The Hall–Kier alpha value is -3.25. The number of fused-ring (bicyclic) bond motifs is 1. The SMILES string of the molecule is CC1=C(C(=O)c2cc3ccccc3oc2=O)C(c2ccccc2)NC(=S)N1. The third-order valence-electron chi connectivity index (χ3n) is 4.53. The Bertz CT molecular complexity index is 1150. The van der Waals surface area contributed by atoms with Gasteiger partial charge < -0.3 is 15.1 Å². The van der Waals surface area contributed by atoms with Gasteiger partial charge in [-0.2, -0.15) is 0 Å². The van der Waals surface area contributed by atoms with E-state index in [1.165, 1.54) is 0 Å². The van der Waals surface area contributed by atoms with Crippen molar-refractivity contribution in [3.8, 4) is 0 Å². The molecule has 1 aromatic heterocycles. The summed E-state index contributed by atoms with van der Waals surface area (Å²) in [6.07, 6.45) is 0. The first-order valence-electron chi connectivity index (χ1n) is 8.45. The van der Waals surface area contributed by atoms with Crippen LogP contribution in [-0.4, -0.2) is 10.9 Å². The molecule has 134 valence electrons. The Balaban J connectivity index is 1.86. The number of hydrogen-bond donors (Lipinski definition) is 2. The summed E-state index contributed by atoms with van der Waals surface area (Å²) in [5, 5.41) is 7.24. The van der Waals surface area contributed by atoms with E-state index in [0.29, 0.717) is 27.4 Å². The molecule has 0 bridgehead atoms. The van der Waals surface area contributed by atoms with Crippen LogP contribution < -0.4 is 16.3 Å². The fourth-order valence-electron chi connectivity index (χ4n) is 3.26. The zero-order valence-corrected chi connectivity index (χ0v) is 15.3. The van der Waals surface area contributed by atoms with Crippen LogP contribution in [0.4, 0.5) is 0 Å². The molecule has 6 heteroatoms. The molecule has 0 fully saturated rings. The predicted octanol–water partition coefficient (Wildman–Crippen LogP) is 3.47. The van der Waals surface area contributed by atoms with Gasteiger partial charge in [0.25, 0.3) is 0 Å². The van der Waals surface area contributed by atoms with Crippen molar-refractivity contribution in [3.05, 3.63) is 93.5 Å². The number of rotatable bonds is 3. The number of para-hydroxylation sites is 1. The number of benzene rings is 2. The van der Waals surface area contributed by atoms with E-state index in [9.17, 15) is 9.59 Å². The quantitative estimate of drug-likeness (QED) is 0.414. The second-order valence-corrected chi connectivity index (χ2v) is 6.70. The molecular weight excluding hydrogens is 360 g/mol. The van der Waals surface area contributed by atoms with E-state index in [1.807, 2.05) is 36.4 Å². The third kappa shape index (κ3) is 3.15. The van der Waals surface area contributed by atoms with Crippen molar-refractivity contribution in [2.75, 3.05) is 0 Å². The number of thiocarbonyl (C=S) groups is 1. The van der Waals surface area contributed by atoms with Crippen LogP contribution in [0.15, 0.2) is 81.1 Å². The predicted molar refractivity (Wildman–Crippen MR) is 108 cm³/mol. The van der Waals surface area contributed by atoms with E-state index in [2.05, 4.69) is 10.6 Å². The maximum Gasteiger partial charge on any atom is 0.347 e. The van der Waals surface area contributed by atoms with E-state index in [-0.39, 0.29) is 11.3 Å². The smallest absolute Gasteiger partial charge is 0.347 e. The molecule has 2 N–H and O–H groups in total. The minimum absolute atomic E-state index is 0.000370. The Kier molecular flexibility index (Phi) is 4.33. The van der Waals surface area contributed by atoms with Crippen molar-refractivity contribution < 1.29 is 9.21 Å². The molecule has 1 atom stereocenters. The molecule has 3 aromatic rings. The summed E-state index contributed by atoms with van der Waals surface area (Å²) < 4.78 is 5.34. The van der Waals surface area contributed by atoms with Crippen LogP contribution in [0.3, 0.4) is 0 Å². The van der Waals surface area contributed by atoms with Gasteiger partial charge in [-0.15, -0.1) is 0 Å². The van der Waals surface area contributed by atoms with Crippen LogP contribution in [0.1, 0.15) is 28.9 Å². The number of carbonyl (C=O) groups excluding carboxylic acids is 1. The van der Waals surface area contributed by atoms with Gasteiger partial charge in [-0.05, 0) is 36.8 Å². The van der Waals surface area contributed by atoms with Crippen molar-refractivity contribution in [1.29, 1.82) is 0 Å². The van der Waals surface area contributed by atoms with E-state index in [4.69, 9.17) is 16.6 Å². The van der Waals surface area contributed by atoms with E-state index in [1.54, 1.807) is 31.2 Å². The second kappa shape index (κ2) is 6.81. The molecule has 2 heterocycles. The molecule has 4 rings (SSSR count). The maximum absolute atomic E-state index is 13.3. The average molecular weight is 376 g/mol. The summed E-state index contributed by atoms with van der Waals surface area (Å²) in [7, 11) is 0. The minimum atomic E-state index is -0.654. The highest BCUT2D eigenvalue weighted by atomic mass is 32.1. The van der Waals surface area contributed by atoms with Crippen LogP contribution >= 0.6 is 12.2 Å². The molecule has 1 aliphatic heterocycles. The second-order valence-electron chi connectivity index (χ2n) is 6.30. The van der Waals surface area contributed by atoms with Gasteiger partial charge in [0, 0.05) is 16.7 Å². The van der Waals surface area contributed by atoms with Crippen LogP contribution in [0.25, 0.3) is 11.0 Å². The molecule has 0 spiro atoms. The van der Waals surface area contributed by atoms with Gasteiger partial charge in [-0.3, -0.25) is 4.79 Å². The molecule has 27 heavy (non-hydrogen) atoms. The van der Waals surface area contributed by atoms with E-state index < -0.39 is 11.7 Å². The van der Waals surface area contributed by atoms with E-state index >= 15 is 0 Å². The van der Waals surface area contributed by atoms with Crippen LogP contribution in [0.2, 0.25) is 0 Å². The lowest BCUT2D eigenvalue weighted by Gasteiger charge is -2.30. The molecule has 1 unspecified atom stereocenters. The number of hydrogen-bond acceptors (Lipinski definition) is 4. The minimum Gasteiger partial charge on any atom is -0.422 e. The zero-order valence-electron chi connectivity index (χ0n) is 14.5. The normalized spacial score (nSPS) is 16.8. The van der Waals surface area contributed by atoms with Crippen molar-refractivity contribution in [3.63, 3.8) is 0 Å². The average Bonchev–Trinajstić information content (AvgIpc) is 2.67. The summed E-state index contributed by atoms with van der Waals surface area (Å²) in [5.41, 5.74) is 1.74. The molecule has 2 aromatic carbocycles. The first-order chi connectivity index (χ1) is 13.0. The summed E-state index contributed by atoms with van der Waals surface area (Å²) in [6.45, 7) is 1.78. The molecule has 0 saturated carbocycles. The summed E-state index contributed by atoms with van der Waals surface area (Å²) in [6, 6.07) is 17.8. The van der Waals surface area contributed by atoms with Crippen molar-refractivity contribution in [2.24, 2.45) is 0 Å². The van der Waals surface area contributed by atoms with Crippen LogP contribution in [0, 0.1) is 0 Å². The lowest BCUT2D eigenvalue weighted by molar-refractivity contribution is 0.102. The number of carbonyl (C=O) groups is 1. The monoisotopic (exact) mass is 376 g/mol. The molecule has 0 saturated heterocycles. The first-order valence-corrected chi connectivity index (χ1v) is 8.86. The van der Waals surface area contributed by atoms with Gasteiger partial charge in [-0.1, -0.05) is 48.5 Å². The summed E-state index contributed by atoms with van der Waals surface area (Å²) in [5.74, 6) is -0.386. The Morgan fingerprint density at radius 1 is 1.07 bits per heavy atom. The molecule has 0 amide bonds. The Morgan fingerprint density at radius 3 is 2.56 bits per heavy atom. The van der Waals surface area contributed by atoms with Crippen molar-refractivity contribution in [1.82, 2.24) is 10.6 Å². The Labute approximate surface area is 160 Å². The van der Waals surface area contributed by atoms with Gasteiger partial charge >= 0.3 is 5.63 Å². The zero-order chi connectivity index (χ0) is 19.0. The van der Waals surface area contributed by atoms with E-state index in [0.717, 1.165) is 5.56 Å². The molecule has 5 nitrogen and oxygen atoms in total. The summed E-state index contributed by atoms with van der Waals surface area (Å²) in [4.78, 5) is 25.8. The van der Waals surface area contributed by atoms with Crippen LogP contribution in [0.5, 0.6) is 0 Å². The number of ketones is 1. The molecule has 0 radical (unpaired) electrons. The topological polar surface area (TPSA) is 71.3 Å². The fraction of sp³-hybridized carbons (Fsp3) is 0.0952. The highest BCUT2D eigenvalue weighted by molar-refractivity contribution is 7.80. The van der Waals surface area contributed by atoms with Gasteiger partial charge in [0.15, 0.2) is 5.11 Å². The molecule has 0 aliphatic carbocycles. The lowest BCUT2D eigenvalue weighted by atomic mass is 9.90. The molecule has 1 aliphatic rings. The van der Waals surface area contributed by atoms with Crippen molar-refractivity contribution >= 4 is 34.1 Å². The molecular formula is C21H16N2O3S. The highest BCUT2D eigenvalue weighted by Crippen LogP contribution is 2.29. The number of nitrogens with one attached hydrogen (secondary N) is 2. The standard InChI is InChI=1S/C21H16N2O3S/c1-12-17(18(23-21(27)22-12)13-7-3-2-4-8-13)19(24)15-11-14-9-5-6-10-16(14)26-20(15)25/h2-11,18H,1H3,(H2,22,23,27). The third-order valence-corrected chi connectivity index (χ3v) is 4.75. The van der Waals surface area contributed by atoms with Crippen LogP contribution in [-0.2, 0) is 0 Å². The van der Waals surface area contributed by atoms with Crippen molar-refractivity contribution in [2.45, 2.75) is 13.0 Å². The van der Waals surface area contributed by atoms with Gasteiger partial charge in [0.05, 0.1) is 6.04 Å².